The average Bonchev–Trinajstić information content (AvgIpc) is 3.09. The standard InChI is InChI=1S/C17H18F2N6OS2/c1-9-4-7-20-15-24(9)11-3-2-10(28-23-17(26)5-6-17)8-12(11)25(15)16-22-21-14(27-16)13(18)19/h2-3,8-9,13,23,26H,4-7H2,1H3. The Morgan fingerprint density at radius 1 is 1.32 bits per heavy atom. The van der Waals surface area contributed by atoms with Crippen molar-refractivity contribution in [2.75, 3.05) is 16.3 Å². The second-order valence-corrected chi connectivity index (χ2v) is 9.00. The highest BCUT2D eigenvalue weighted by molar-refractivity contribution is 7.97. The normalized spacial score (nSPS) is 22.3. The molecule has 0 bridgehead atoms. The molecule has 1 aromatic heterocycles. The zero-order valence-corrected chi connectivity index (χ0v) is 16.6. The number of nitrogens with one attached hydrogen (secondary N) is 1. The van der Waals surface area contributed by atoms with Gasteiger partial charge in [0.05, 0.1) is 11.4 Å². The molecule has 0 amide bonds. The Morgan fingerprint density at radius 2 is 2.14 bits per heavy atom. The fraction of sp³-hybridized carbons (Fsp3) is 0.471. The van der Waals surface area contributed by atoms with Gasteiger partial charge >= 0.3 is 0 Å². The number of benzene rings is 1. The number of aromatic nitrogens is 2. The van der Waals surface area contributed by atoms with Crippen molar-refractivity contribution in [1.29, 1.82) is 0 Å². The lowest BCUT2D eigenvalue weighted by molar-refractivity contribution is 0.142. The van der Waals surface area contributed by atoms with E-state index < -0.39 is 12.2 Å². The molecule has 2 N–H and O–H groups in total. The quantitative estimate of drug-likeness (QED) is 0.560. The first-order valence-electron chi connectivity index (χ1n) is 9.01. The SMILES string of the molecule is CC1CCN=C2N(c3nnc(C(F)F)s3)c3cc(SNC4(O)CC4)ccc3N21. The molecule has 1 unspecified atom stereocenters. The predicted octanol–water partition coefficient (Wildman–Crippen LogP) is 3.66. The lowest BCUT2D eigenvalue weighted by Gasteiger charge is -2.31. The van der Waals surface area contributed by atoms with Gasteiger partial charge in [0.2, 0.25) is 11.1 Å². The molecule has 0 saturated heterocycles. The Hall–Kier alpha value is -1.82. The van der Waals surface area contributed by atoms with Crippen LogP contribution in [0.15, 0.2) is 28.1 Å². The molecule has 2 aromatic rings. The van der Waals surface area contributed by atoms with Gasteiger partial charge in [0.25, 0.3) is 6.43 Å². The molecule has 0 radical (unpaired) electrons. The van der Waals surface area contributed by atoms with Crippen molar-refractivity contribution in [3.8, 4) is 0 Å². The minimum absolute atomic E-state index is 0.238. The summed E-state index contributed by atoms with van der Waals surface area (Å²) in [6.45, 7) is 2.80. The third-order valence-electron chi connectivity index (χ3n) is 4.99. The highest BCUT2D eigenvalue weighted by Crippen LogP contribution is 2.47. The first-order valence-corrected chi connectivity index (χ1v) is 10.6. The lowest BCUT2D eigenvalue weighted by atomic mass is 10.1. The molecule has 28 heavy (non-hydrogen) atoms. The number of halogens is 2. The van der Waals surface area contributed by atoms with Crippen LogP contribution in [0.5, 0.6) is 0 Å². The highest BCUT2D eigenvalue weighted by atomic mass is 32.2. The molecule has 11 heteroatoms. The summed E-state index contributed by atoms with van der Waals surface area (Å²) in [5, 5.41) is 17.7. The van der Waals surface area contributed by atoms with Crippen molar-refractivity contribution in [3.05, 3.63) is 23.2 Å². The van der Waals surface area contributed by atoms with Gasteiger partial charge in [-0.2, -0.15) is 0 Å². The molecule has 3 heterocycles. The van der Waals surface area contributed by atoms with Crippen molar-refractivity contribution >= 4 is 45.8 Å². The number of hydrogen-bond acceptors (Lipinski definition) is 9. The maximum atomic E-state index is 13.1. The summed E-state index contributed by atoms with van der Waals surface area (Å²) < 4.78 is 29.2. The number of nitrogens with zero attached hydrogens (tertiary/aromatic N) is 5. The topological polar surface area (TPSA) is 76.9 Å². The van der Waals surface area contributed by atoms with E-state index in [4.69, 9.17) is 0 Å². The third kappa shape index (κ3) is 3.06. The molecule has 1 aliphatic carbocycles. The van der Waals surface area contributed by atoms with Crippen LogP contribution in [0.4, 0.5) is 25.3 Å². The van der Waals surface area contributed by atoms with E-state index in [0.717, 1.165) is 46.9 Å². The minimum Gasteiger partial charge on any atom is -0.375 e. The van der Waals surface area contributed by atoms with Gasteiger partial charge in [-0.15, -0.1) is 10.2 Å². The van der Waals surface area contributed by atoms with E-state index in [2.05, 4.69) is 31.7 Å². The Bertz CT molecular complexity index is 947. The van der Waals surface area contributed by atoms with Crippen LogP contribution in [-0.2, 0) is 0 Å². The van der Waals surface area contributed by atoms with Gasteiger partial charge in [0.15, 0.2) is 5.01 Å². The smallest absolute Gasteiger partial charge is 0.291 e. The van der Waals surface area contributed by atoms with Crippen molar-refractivity contribution < 1.29 is 13.9 Å². The maximum absolute atomic E-state index is 13.1. The van der Waals surface area contributed by atoms with E-state index in [9.17, 15) is 13.9 Å². The molecular weight excluding hydrogens is 406 g/mol. The number of anilines is 3. The summed E-state index contributed by atoms with van der Waals surface area (Å²) in [7, 11) is 0. The summed E-state index contributed by atoms with van der Waals surface area (Å²) in [6, 6.07) is 6.19. The molecule has 148 valence electrons. The first kappa shape index (κ1) is 18.2. The van der Waals surface area contributed by atoms with Crippen molar-refractivity contribution in [1.82, 2.24) is 14.9 Å². The highest BCUT2D eigenvalue weighted by Gasteiger charge is 2.42. The summed E-state index contributed by atoms with van der Waals surface area (Å²) in [6.07, 6.45) is -0.261. The van der Waals surface area contributed by atoms with E-state index in [1.165, 1.54) is 11.9 Å². The van der Waals surface area contributed by atoms with Gasteiger partial charge in [0.1, 0.15) is 5.72 Å². The van der Waals surface area contributed by atoms with Crippen LogP contribution in [-0.4, -0.2) is 39.6 Å². The van der Waals surface area contributed by atoms with Gasteiger partial charge in [0, 0.05) is 17.5 Å². The van der Waals surface area contributed by atoms with Crippen LogP contribution in [0, 0.1) is 0 Å². The van der Waals surface area contributed by atoms with E-state index in [1.807, 2.05) is 23.1 Å². The average molecular weight is 425 g/mol. The number of aliphatic imine (C=N–C) groups is 1. The van der Waals surface area contributed by atoms with Crippen LogP contribution in [0.2, 0.25) is 0 Å². The Balaban J connectivity index is 1.55. The molecule has 3 aliphatic rings. The molecule has 1 saturated carbocycles. The molecule has 1 atom stereocenters. The number of fused-ring (bicyclic) bond motifs is 3. The van der Waals surface area contributed by atoms with E-state index in [-0.39, 0.29) is 11.0 Å². The van der Waals surface area contributed by atoms with Crippen LogP contribution in [0.1, 0.15) is 37.6 Å². The van der Waals surface area contributed by atoms with Crippen LogP contribution < -0.4 is 14.5 Å². The summed E-state index contributed by atoms with van der Waals surface area (Å²) in [5.41, 5.74) is 1.01. The van der Waals surface area contributed by atoms with Gasteiger partial charge in [-0.3, -0.25) is 9.89 Å². The van der Waals surface area contributed by atoms with E-state index >= 15 is 0 Å². The monoisotopic (exact) mass is 424 g/mol. The minimum atomic E-state index is -2.65. The molecule has 5 rings (SSSR count). The fourth-order valence-corrected chi connectivity index (χ4v) is 4.83. The zero-order valence-electron chi connectivity index (χ0n) is 15.0. The predicted molar refractivity (Wildman–Crippen MR) is 105 cm³/mol. The van der Waals surface area contributed by atoms with Crippen molar-refractivity contribution in [2.45, 2.75) is 49.3 Å². The summed E-state index contributed by atoms with van der Waals surface area (Å²) in [5.74, 6) is 0.696. The largest absolute Gasteiger partial charge is 0.375 e. The van der Waals surface area contributed by atoms with Crippen LogP contribution >= 0.6 is 23.3 Å². The van der Waals surface area contributed by atoms with Crippen molar-refractivity contribution in [3.63, 3.8) is 0 Å². The lowest BCUT2D eigenvalue weighted by Crippen LogP contribution is -2.44. The molecule has 1 aromatic carbocycles. The van der Waals surface area contributed by atoms with Gasteiger partial charge in [-0.1, -0.05) is 11.3 Å². The van der Waals surface area contributed by atoms with Gasteiger partial charge < -0.3 is 10.0 Å². The number of hydrogen-bond donors (Lipinski definition) is 2. The van der Waals surface area contributed by atoms with E-state index in [0.29, 0.717) is 17.6 Å². The second-order valence-electron chi connectivity index (χ2n) is 7.13. The third-order valence-corrected chi connectivity index (χ3v) is 6.88. The zero-order chi connectivity index (χ0) is 19.5. The molecule has 0 spiro atoms. The number of aliphatic hydroxyl groups is 1. The summed E-state index contributed by atoms with van der Waals surface area (Å²) >= 11 is 2.24. The maximum Gasteiger partial charge on any atom is 0.291 e. The Morgan fingerprint density at radius 3 is 2.86 bits per heavy atom. The summed E-state index contributed by atoms with van der Waals surface area (Å²) in [4.78, 5) is 9.50. The number of alkyl halides is 2. The second kappa shape index (κ2) is 6.61. The fourth-order valence-electron chi connectivity index (χ4n) is 3.30. The number of rotatable bonds is 5. The first-order chi connectivity index (χ1) is 13.5. The molecule has 7 nitrogen and oxygen atoms in total. The van der Waals surface area contributed by atoms with Crippen molar-refractivity contribution in [2.24, 2.45) is 4.99 Å². The number of guanidine groups is 1. The van der Waals surface area contributed by atoms with Crippen LogP contribution in [0.25, 0.3) is 0 Å². The Kier molecular flexibility index (Phi) is 4.30. The molecular formula is C17H18F2N6OS2. The van der Waals surface area contributed by atoms with Crippen LogP contribution in [0.3, 0.4) is 0 Å². The molecule has 2 aliphatic heterocycles. The van der Waals surface area contributed by atoms with E-state index in [1.54, 1.807) is 0 Å². The molecule has 1 fully saturated rings. The van der Waals surface area contributed by atoms with Gasteiger partial charge in [-0.05, 0) is 56.3 Å². The Labute approximate surface area is 168 Å². The van der Waals surface area contributed by atoms with Gasteiger partial charge in [-0.25, -0.2) is 13.5 Å².